The highest BCUT2D eigenvalue weighted by atomic mass is 16.5. The Balaban J connectivity index is 1.70. The molecule has 0 saturated carbocycles. The molecule has 8 heteroatoms. The number of ketones is 1. The van der Waals surface area contributed by atoms with Gasteiger partial charge in [-0.1, -0.05) is 12.1 Å². The molecule has 0 bridgehead atoms. The van der Waals surface area contributed by atoms with Crippen LogP contribution in [0.2, 0.25) is 0 Å². The van der Waals surface area contributed by atoms with Crippen LogP contribution in [-0.2, 0) is 11.4 Å². The van der Waals surface area contributed by atoms with Crippen LogP contribution in [-0.4, -0.2) is 21.8 Å². The van der Waals surface area contributed by atoms with E-state index < -0.39 is 0 Å². The molecule has 3 aromatic rings. The highest BCUT2D eigenvalue weighted by Gasteiger charge is 2.14. The van der Waals surface area contributed by atoms with Crippen molar-refractivity contribution in [3.8, 4) is 17.1 Å². The molecule has 0 aliphatic heterocycles. The lowest BCUT2D eigenvalue weighted by Gasteiger charge is -2.11. The van der Waals surface area contributed by atoms with Crippen LogP contribution in [0.15, 0.2) is 45.7 Å². The lowest BCUT2D eigenvalue weighted by molar-refractivity contribution is -0.116. The van der Waals surface area contributed by atoms with Gasteiger partial charge in [0.25, 0.3) is 5.89 Å². The fourth-order valence-corrected chi connectivity index (χ4v) is 2.42. The van der Waals surface area contributed by atoms with E-state index >= 15 is 0 Å². The third kappa shape index (κ3) is 4.60. The minimum Gasteiger partial charge on any atom is -0.483 e. The maximum absolute atomic E-state index is 11.9. The second kappa shape index (κ2) is 8.31. The molecule has 0 spiro atoms. The molecule has 0 radical (unpaired) electrons. The molecule has 3 rings (SSSR count). The number of rotatable bonds is 8. The third-order valence-electron chi connectivity index (χ3n) is 3.72. The molecule has 1 aromatic carbocycles. The van der Waals surface area contributed by atoms with Gasteiger partial charge in [-0.3, -0.25) is 9.59 Å². The van der Waals surface area contributed by atoms with Gasteiger partial charge in [0.2, 0.25) is 11.7 Å². The summed E-state index contributed by atoms with van der Waals surface area (Å²) >= 11 is 0. The highest BCUT2D eigenvalue weighted by molar-refractivity contribution is 5.99. The zero-order chi connectivity index (χ0) is 19.2. The normalized spacial score (nSPS) is 10.6. The molecule has 1 N–H and O–H groups in total. The van der Waals surface area contributed by atoms with E-state index in [1.165, 1.54) is 19.5 Å². The van der Waals surface area contributed by atoms with E-state index in [1.807, 2.05) is 6.92 Å². The molecule has 0 aliphatic rings. The smallest absolute Gasteiger partial charge is 0.264 e. The largest absolute Gasteiger partial charge is 0.483 e. The van der Waals surface area contributed by atoms with E-state index in [0.29, 0.717) is 34.8 Å². The number of Topliss-reactive ketones (excluding diaryl/α,β-unsaturated/α-hetero) is 1. The quantitative estimate of drug-likeness (QED) is 0.601. The summed E-state index contributed by atoms with van der Waals surface area (Å²) in [6.07, 6.45) is 4.19. The molecule has 140 valence electrons. The lowest BCUT2D eigenvalue weighted by atomic mass is 10.1. The van der Waals surface area contributed by atoms with Gasteiger partial charge in [-0.15, -0.1) is 0 Å². The van der Waals surface area contributed by atoms with Gasteiger partial charge < -0.3 is 19.0 Å². The van der Waals surface area contributed by atoms with Crippen molar-refractivity contribution >= 4 is 17.4 Å². The number of carbonyl (C=O) groups excluding carboxylic acids is 2. The zero-order valence-electron chi connectivity index (χ0n) is 15.0. The van der Waals surface area contributed by atoms with Crippen LogP contribution in [0.1, 0.15) is 42.9 Å². The van der Waals surface area contributed by atoms with Crippen molar-refractivity contribution in [2.45, 2.75) is 33.3 Å². The molecule has 0 saturated heterocycles. The number of nitrogens with zero attached hydrogens (tertiary/aromatic N) is 2. The fraction of sp³-hybridized carbons (Fsp3) is 0.263. The number of hydrogen-bond donors (Lipinski definition) is 1. The van der Waals surface area contributed by atoms with Gasteiger partial charge in [-0.25, -0.2) is 0 Å². The Labute approximate surface area is 155 Å². The Morgan fingerprint density at radius 2 is 2.11 bits per heavy atom. The van der Waals surface area contributed by atoms with E-state index in [1.54, 1.807) is 24.3 Å². The van der Waals surface area contributed by atoms with Crippen molar-refractivity contribution < 1.29 is 23.3 Å². The maximum Gasteiger partial charge on any atom is 0.264 e. The minimum atomic E-state index is -0.179. The first-order valence-corrected chi connectivity index (χ1v) is 8.49. The molecule has 0 fully saturated rings. The van der Waals surface area contributed by atoms with Gasteiger partial charge in [0.15, 0.2) is 12.4 Å². The predicted octanol–water partition coefficient (Wildman–Crippen LogP) is 3.85. The molecule has 2 heterocycles. The molecule has 1 amide bonds. The van der Waals surface area contributed by atoms with Gasteiger partial charge in [-0.2, -0.15) is 4.98 Å². The molecule has 2 aromatic heterocycles. The Morgan fingerprint density at radius 1 is 1.26 bits per heavy atom. The molecule has 8 nitrogen and oxygen atoms in total. The topological polar surface area (TPSA) is 107 Å². The summed E-state index contributed by atoms with van der Waals surface area (Å²) in [6, 6.07) is 6.62. The maximum atomic E-state index is 11.9. The number of anilines is 1. The van der Waals surface area contributed by atoms with Crippen molar-refractivity contribution in [1.82, 2.24) is 10.1 Å². The number of ether oxygens (including phenoxy) is 1. The first-order chi connectivity index (χ1) is 13.1. The van der Waals surface area contributed by atoms with Crippen LogP contribution in [0.5, 0.6) is 5.75 Å². The SMILES string of the molecule is CCCC(=O)Nc1ccc(OCc2nc(-c3ccoc3)no2)c(C(C)=O)c1. The van der Waals surface area contributed by atoms with Crippen molar-refractivity contribution in [2.75, 3.05) is 5.32 Å². The van der Waals surface area contributed by atoms with Crippen molar-refractivity contribution in [3.63, 3.8) is 0 Å². The van der Waals surface area contributed by atoms with Gasteiger partial charge in [0, 0.05) is 12.1 Å². The Morgan fingerprint density at radius 3 is 2.81 bits per heavy atom. The standard InChI is InChI=1S/C19H19N3O5/c1-3-4-17(24)20-14-5-6-16(15(9-14)12(2)23)26-11-18-21-19(22-27-18)13-7-8-25-10-13/h5-10H,3-4,11H2,1-2H3,(H,20,24). The second-order valence-corrected chi connectivity index (χ2v) is 5.88. The summed E-state index contributed by atoms with van der Waals surface area (Å²) in [5.74, 6) is 0.753. The number of nitrogens with one attached hydrogen (secondary N) is 1. The fourth-order valence-electron chi connectivity index (χ4n) is 2.42. The van der Waals surface area contributed by atoms with E-state index in [9.17, 15) is 9.59 Å². The van der Waals surface area contributed by atoms with E-state index in [0.717, 1.165) is 6.42 Å². The first kappa shape index (κ1) is 18.4. The van der Waals surface area contributed by atoms with Crippen molar-refractivity contribution in [3.05, 3.63) is 48.2 Å². The number of carbonyl (C=O) groups is 2. The van der Waals surface area contributed by atoms with Gasteiger partial charge in [0.05, 0.1) is 17.4 Å². The third-order valence-corrected chi connectivity index (χ3v) is 3.72. The van der Waals surface area contributed by atoms with Gasteiger partial charge in [0.1, 0.15) is 12.0 Å². The monoisotopic (exact) mass is 369 g/mol. The summed E-state index contributed by atoms with van der Waals surface area (Å²) in [5, 5.41) is 6.61. The van der Waals surface area contributed by atoms with Gasteiger partial charge >= 0.3 is 0 Å². The number of benzene rings is 1. The Hall–Kier alpha value is -3.42. The number of furan rings is 1. The Bertz CT molecular complexity index is 931. The van der Waals surface area contributed by atoms with E-state index in [4.69, 9.17) is 13.7 Å². The number of hydrogen-bond acceptors (Lipinski definition) is 7. The van der Waals surface area contributed by atoms with Gasteiger partial charge in [-0.05, 0) is 37.6 Å². The molecule has 0 aliphatic carbocycles. The molecule has 27 heavy (non-hydrogen) atoms. The van der Waals surface area contributed by atoms with E-state index in [-0.39, 0.29) is 24.2 Å². The summed E-state index contributed by atoms with van der Waals surface area (Å²) < 4.78 is 15.8. The zero-order valence-corrected chi connectivity index (χ0v) is 15.0. The summed E-state index contributed by atoms with van der Waals surface area (Å²) in [6.45, 7) is 3.36. The molecular weight excluding hydrogens is 350 g/mol. The Kier molecular flexibility index (Phi) is 5.65. The number of aromatic nitrogens is 2. The van der Waals surface area contributed by atoms with Crippen LogP contribution in [0.25, 0.3) is 11.4 Å². The van der Waals surface area contributed by atoms with Crippen LogP contribution < -0.4 is 10.1 Å². The predicted molar refractivity (Wildman–Crippen MR) is 96.3 cm³/mol. The van der Waals surface area contributed by atoms with Crippen LogP contribution in [0, 0.1) is 0 Å². The highest BCUT2D eigenvalue weighted by Crippen LogP contribution is 2.25. The van der Waals surface area contributed by atoms with Crippen LogP contribution >= 0.6 is 0 Å². The number of amides is 1. The lowest BCUT2D eigenvalue weighted by Crippen LogP contribution is -2.11. The minimum absolute atomic E-state index is 0.00662. The van der Waals surface area contributed by atoms with Crippen molar-refractivity contribution in [1.29, 1.82) is 0 Å². The van der Waals surface area contributed by atoms with Crippen LogP contribution in [0.4, 0.5) is 5.69 Å². The van der Waals surface area contributed by atoms with Crippen molar-refractivity contribution in [2.24, 2.45) is 0 Å². The average Bonchev–Trinajstić information content (AvgIpc) is 3.32. The molecular formula is C19H19N3O5. The summed E-state index contributed by atoms with van der Waals surface area (Å²) in [5.41, 5.74) is 1.60. The summed E-state index contributed by atoms with van der Waals surface area (Å²) in [7, 11) is 0. The molecule has 0 unspecified atom stereocenters. The average molecular weight is 369 g/mol. The van der Waals surface area contributed by atoms with Crippen LogP contribution in [0.3, 0.4) is 0 Å². The van der Waals surface area contributed by atoms with E-state index in [2.05, 4.69) is 15.5 Å². The molecule has 0 atom stereocenters. The summed E-state index contributed by atoms with van der Waals surface area (Å²) in [4.78, 5) is 27.9. The second-order valence-electron chi connectivity index (χ2n) is 5.88. The first-order valence-electron chi connectivity index (χ1n) is 8.49.